The molecule has 107 heavy (non-hydrogen) atoms. The van der Waals surface area contributed by atoms with Gasteiger partial charge >= 0.3 is 23.9 Å². The molecule has 3 aromatic carbocycles. The van der Waals surface area contributed by atoms with Crippen molar-refractivity contribution in [3.8, 4) is 17.2 Å². The van der Waals surface area contributed by atoms with Crippen LogP contribution >= 0.6 is 0 Å². The van der Waals surface area contributed by atoms with Crippen LogP contribution in [-0.4, -0.2) is 231 Å². The van der Waals surface area contributed by atoms with Crippen LogP contribution in [0.5, 0.6) is 17.2 Å². The van der Waals surface area contributed by atoms with Crippen molar-refractivity contribution < 1.29 is 67.3 Å². The minimum atomic E-state index is -0.603. The van der Waals surface area contributed by atoms with E-state index in [2.05, 4.69) is 83.6 Å². The summed E-state index contributed by atoms with van der Waals surface area (Å²) >= 11 is 0. The van der Waals surface area contributed by atoms with E-state index in [1.807, 2.05) is 119 Å². The molecule has 6 fully saturated rings. The minimum Gasteiger partial charge on any atom is -0.495 e. The highest BCUT2D eigenvalue weighted by molar-refractivity contribution is 5.95. The largest absolute Gasteiger partial charge is 0.495 e. The summed E-state index contributed by atoms with van der Waals surface area (Å²) in [6, 6.07) is 41.8. The molecule has 6 aromatic rings. The quantitative estimate of drug-likeness (QED) is 0.0247. The van der Waals surface area contributed by atoms with Crippen molar-refractivity contribution in [3.05, 3.63) is 146 Å². The molecule has 2 N–H and O–H groups in total. The van der Waals surface area contributed by atoms with Crippen molar-refractivity contribution in [2.75, 3.05) is 190 Å². The molecular formula is C81H110N12O14. The molecule has 3 aromatic heterocycles. The van der Waals surface area contributed by atoms with E-state index < -0.39 is 5.97 Å². The van der Waals surface area contributed by atoms with Gasteiger partial charge in [0, 0.05) is 148 Å². The highest BCUT2D eigenvalue weighted by Gasteiger charge is 2.37. The Hall–Kier alpha value is -9.63. The Bertz CT molecular complexity index is 3470. The zero-order valence-corrected chi connectivity index (χ0v) is 63.2. The number of nitrogens with zero attached hydrogens (tertiary/aromatic N) is 11. The normalized spacial score (nSPS) is 20.4. The maximum absolute atomic E-state index is 13.6. The van der Waals surface area contributed by atoms with Gasteiger partial charge in [0.25, 0.3) is 0 Å². The average Bonchev–Trinajstić information content (AvgIpc) is 0.836. The predicted molar refractivity (Wildman–Crippen MR) is 412 cm³/mol. The zero-order chi connectivity index (χ0) is 75.7. The summed E-state index contributed by atoms with van der Waals surface area (Å²) in [5.41, 5.74) is 3.45. The third-order valence-corrected chi connectivity index (χ3v) is 21.4. The molecule has 3 aliphatic heterocycles. The van der Waals surface area contributed by atoms with E-state index >= 15 is 0 Å². The number of ether oxygens (including phenoxy) is 6. The molecule has 0 bridgehead atoms. The fraction of sp³-hybridized carbons (Fsp3) is 0.519. The Morgan fingerprint density at radius 3 is 0.972 bits per heavy atom. The van der Waals surface area contributed by atoms with Gasteiger partial charge in [-0.25, -0.2) is 19.7 Å². The Morgan fingerprint density at radius 1 is 0.374 bits per heavy atom. The lowest BCUT2D eigenvalue weighted by Crippen LogP contribution is -2.50. The number of aromatic nitrogens is 3. The van der Waals surface area contributed by atoms with Crippen molar-refractivity contribution >= 4 is 70.2 Å². The number of benzene rings is 3. The van der Waals surface area contributed by atoms with Crippen molar-refractivity contribution in [1.29, 1.82) is 0 Å². The van der Waals surface area contributed by atoms with Crippen LogP contribution < -0.4 is 44.0 Å². The summed E-state index contributed by atoms with van der Waals surface area (Å²) in [7, 11) is 9.37. The lowest BCUT2D eigenvalue weighted by molar-refractivity contribution is -0.240. The lowest BCUT2D eigenvalue weighted by atomic mass is 9.81. The first-order valence-corrected chi connectivity index (χ1v) is 37.8. The number of anilines is 6. The van der Waals surface area contributed by atoms with Crippen LogP contribution in [0.15, 0.2) is 146 Å². The van der Waals surface area contributed by atoms with E-state index in [9.17, 15) is 28.8 Å². The van der Waals surface area contributed by atoms with Crippen molar-refractivity contribution in [2.45, 2.75) is 77.0 Å². The molecular weight excluding hydrogens is 1360 g/mol. The van der Waals surface area contributed by atoms with Gasteiger partial charge in [0.05, 0.1) is 83.4 Å². The number of rotatable bonds is 24. The molecule has 578 valence electrons. The van der Waals surface area contributed by atoms with Crippen LogP contribution in [-0.2, 0) is 47.9 Å². The highest BCUT2D eigenvalue weighted by atomic mass is 17.1. The predicted octanol–water partition coefficient (Wildman–Crippen LogP) is 9.76. The molecule has 3 saturated heterocycles. The van der Waals surface area contributed by atoms with Gasteiger partial charge in [0.2, 0.25) is 11.8 Å². The van der Waals surface area contributed by atoms with E-state index in [4.69, 9.17) is 28.9 Å². The number of methoxy groups -OCH3 is 6. The molecule has 26 nitrogen and oxygen atoms in total. The Morgan fingerprint density at radius 2 is 0.673 bits per heavy atom. The van der Waals surface area contributed by atoms with Crippen molar-refractivity contribution in [3.63, 3.8) is 0 Å². The third-order valence-electron chi connectivity index (χ3n) is 21.4. The van der Waals surface area contributed by atoms with E-state index in [1.165, 1.54) is 27.0 Å². The number of nitrogens with one attached hydrogen (secondary N) is 1. The zero-order valence-electron chi connectivity index (χ0n) is 63.2. The van der Waals surface area contributed by atoms with Crippen molar-refractivity contribution in [1.82, 2.24) is 29.7 Å². The number of carbonyl (C=O) groups excluding carboxylic acids is 6. The number of amides is 2. The molecule has 12 rings (SSSR count). The third kappa shape index (κ3) is 23.9. The van der Waals surface area contributed by atoms with Crippen LogP contribution in [0, 0.1) is 35.5 Å². The second-order valence-electron chi connectivity index (χ2n) is 27.6. The molecule has 0 spiro atoms. The fourth-order valence-electron chi connectivity index (χ4n) is 15.0. The standard InChI is InChI=1S/2C27H36N4O4.C18H24N4O.C9H14O5/c2*1-34-24-8-4-3-7-23(24)30-18-15-29(16-19-30)17-20-31(25-9-5-6-14-28-25)26(32)21-10-12-22(13-11-21)27(33)35-2;1-23-17-7-3-2-6-16(17)22-14-12-21(13-15-22)11-10-20-18-8-4-5-9-19-18;1-13-8(10)6-2-4-7(5-3-6)9(11)14-12/h2*3-9,14,21-22H,10-13,15-20H2,1-2H3;2-9H,10-15H2,1H3,(H,19,20);6-7,12H,2-5H2,1H3. The topological polar surface area (TPSA) is 264 Å². The van der Waals surface area contributed by atoms with Crippen LogP contribution in [0.25, 0.3) is 0 Å². The van der Waals surface area contributed by atoms with Gasteiger partial charge in [-0.15, -0.1) is 0 Å². The van der Waals surface area contributed by atoms with Crippen molar-refractivity contribution in [2.24, 2.45) is 35.5 Å². The molecule has 6 aliphatic rings. The molecule has 0 radical (unpaired) electrons. The van der Waals surface area contributed by atoms with E-state index in [1.54, 1.807) is 33.7 Å². The summed E-state index contributed by atoms with van der Waals surface area (Å²) in [5.74, 6) is 3.43. The van der Waals surface area contributed by atoms with E-state index in [-0.39, 0.29) is 65.2 Å². The van der Waals surface area contributed by atoms with Crippen LogP contribution in [0.3, 0.4) is 0 Å². The summed E-state index contributed by atoms with van der Waals surface area (Å²) in [6.07, 6.45) is 13.3. The Kier molecular flexibility index (Phi) is 32.9. The summed E-state index contributed by atoms with van der Waals surface area (Å²) < 4.78 is 30.9. The lowest BCUT2D eigenvalue weighted by Gasteiger charge is -2.38. The Balaban J connectivity index is 0.000000173. The molecule has 3 aliphatic carbocycles. The first kappa shape index (κ1) is 81.4. The van der Waals surface area contributed by atoms with E-state index in [0.29, 0.717) is 102 Å². The molecule has 6 heterocycles. The number of hydrogen-bond donors (Lipinski definition) is 2. The minimum absolute atomic E-state index is 0.0831. The van der Waals surface area contributed by atoms with Gasteiger partial charge in [-0.05, 0) is 150 Å². The maximum atomic E-state index is 13.6. The van der Waals surface area contributed by atoms with Gasteiger partial charge in [-0.3, -0.25) is 48.5 Å². The number of esters is 3. The summed E-state index contributed by atoms with van der Waals surface area (Å²) in [6.45, 7) is 16.3. The van der Waals surface area contributed by atoms with E-state index in [0.717, 1.165) is 139 Å². The first-order chi connectivity index (χ1) is 52.3. The van der Waals surface area contributed by atoms with Crippen LogP contribution in [0.1, 0.15) is 77.0 Å². The SMILES string of the molecule is COC(=O)C1CCC(C(=O)N(CCN2CCN(c3ccccc3OC)CC2)c2ccccn2)CC1.COC(=O)C1CCC(C(=O)N(CCN2CCN(c3ccccc3OC)CC2)c2ccccn2)CC1.COC(=O)C1CCC(C(=O)OO)CC1.COc1ccccc1N1CCN(CCNc2ccccn2)CC1. The molecule has 26 heteroatoms. The first-order valence-electron chi connectivity index (χ1n) is 37.8. The highest BCUT2D eigenvalue weighted by Crippen LogP contribution is 2.36. The van der Waals surface area contributed by atoms with Gasteiger partial charge < -0.3 is 53.3 Å². The maximum Gasteiger partial charge on any atom is 0.345 e. The molecule has 0 atom stereocenters. The second-order valence-corrected chi connectivity index (χ2v) is 27.6. The van der Waals surface area contributed by atoms with Gasteiger partial charge in [0.15, 0.2) is 0 Å². The summed E-state index contributed by atoms with van der Waals surface area (Å²) in [4.78, 5) is 108. The fourth-order valence-corrected chi connectivity index (χ4v) is 15.0. The number of para-hydroxylation sites is 6. The molecule has 2 amide bonds. The van der Waals surface area contributed by atoms with Gasteiger partial charge in [-0.2, -0.15) is 5.26 Å². The number of pyridine rings is 3. The monoisotopic (exact) mass is 1470 g/mol. The van der Waals surface area contributed by atoms with Crippen LogP contribution in [0.2, 0.25) is 0 Å². The smallest absolute Gasteiger partial charge is 0.345 e. The average molecular weight is 1480 g/mol. The number of hydrogen-bond acceptors (Lipinski definition) is 24. The molecule has 3 saturated carbocycles. The van der Waals surface area contributed by atoms with Gasteiger partial charge in [0.1, 0.15) is 34.7 Å². The summed E-state index contributed by atoms with van der Waals surface area (Å²) in [5, 5.41) is 11.5. The Labute approximate surface area is 630 Å². The second kappa shape index (κ2) is 43.2. The number of carbonyl (C=O) groups is 6. The number of piperazine rings is 3. The van der Waals surface area contributed by atoms with Gasteiger partial charge in [-0.1, -0.05) is 54.6 Å². The van der Waals surface area contributed by atoms with Crippen LogP contribution in [0.4, 0.5) is 34.5 Å². The molecule has 0 unspecified atom stereocenters.